The van der Waals surface area contributed by atoms with E-state index in [4.69, 9.17) is 10.5 Å². The molecule has 1 fully saturated rings. The molecule has 2 aliphatic rings. The zero-order valence-electron chi connectivity index (χ0n) is 10.4. The predicted octanol–water partition coefficient (Wildman–Crippen LogP) is 1.56. The van der Waals surface area contributed by atoms with Crippen LogP contribution in [0, 0.1) is 0 Å². The minimum Gasteiger partial charge on any atom is -0.379 e. The Morgan fingerprint density at radius 1 is 1.47 bits per heavy atom. The molecule has 0 radical (unpaired) electrons. The summed E-state index contributed by atoms with van der Waals surface area (Å²) in [6.07, 6.45) is 2.10. The van der Waals surface area contributed by atoms with Gasteiger partial charge in [-0.15, -0.1) is 0 Å². The second-order valence-corrected chi connectivity index (χ2v) is 5.47. The fourth-order valence-corrected chi connectivity index (χ4v) is 2.96. The molecule has 1 saturated heterocycles. The second-order valence-electron chi connectivity index (χ2n) is 5.47. The first-order valence-electron chi connectivity index (χ1n) is 6.39. The maximum absolute atomic E-state index is 6.39. The molecule has 2 heterocycles. The van der Waals surface area contributed by atoms with Gasteiger partial charge in [-0.25, -0.2) is 0 Å². The van der Waals surface area contributed by atoms with Gasteiger partial charge in [-0.05, 0) is 31.4 Å². The van der Waals surface area contributed by atoms with E-state index in [1.165, 1.54) is 11.3 Å². The highest BCUT2D eigenvalue weighted by molar-refractivity contribution is 5.59. The molecule has 17 heavy (non-hydrogen) atoms. The molecule has 2 atom stereocenters. The first kappa shape index (κ1) is 11.1. The van der Waals surface area contributed by atoms with Crippen LogP contribution >= 0.6 is 0 Å². The lowest BCUT2D eigenvalue weighted by atomic mass is 9.99. The molecule has 3 heteroatoms. The number of anilines is 1. The Morgan fingerprint density at radius 2 is 2.29 bits per heavy atom. The average Bonchev–Trinajstić information content (AvgIpc) is 2.86. The third-order valence-electron chi connectivity index (χ3n) is 3.97. The molecule has 0 aliphatic carbocycles. The predicted molar refractivity (Wildman–Crippen MR) is 69.3 cm³/mol. The topological polar surface area (TPSA) is 38.5 Å². The third-order valence-corrected chi connectivity index (χ3v) is 3.97. The van der Waals surface area contributed by atoms with Gasteiger partial charge < -0.3 is 15.4 Å². The summed E-state index contributed by atoms with van der Waals surface area (Å²) in [6, 6.07) is 9.20. The average molecular weight is 232 g/mol. The minimum absolute atomic E-state index is 0.161. The van der Waals surface area contributed by atoms with Crippen molar-refractivity contribution in [2.45, 2.75) is 31.3 Å². The van der Waals surface area contributed by atoms with E-state index in [0.717, 1.165) is 26.0 Å². The van der Waals surface area contributed by atoms with E-state index >= 15 is 0 Å². The molecule has 0 bridgehead atoms. The molecule has 92 valence electrons. The molecular weight excluding hydrogens is 212 g/mol. The van der Waals surface area contributed by atoms with Crippen molar-refractivity contribution in [2.75, 3.05) is 24.7 Å². The van der Waals surface area contributed by atoms with Gasteiger partial charge in [0.25, 0.3) is 0 Å². The molecule has 1 aromatic rings. The molecule has 1 aromatic carbocycles. The molecule has 0 spiro atoms. The number of benzene rings is 1. The van der Waals surface area contributed by atoms with Gasteiger partial charge in [0.1, 0.15) is 0 Å². The fourth-order valence-electron chi connectivity index (χ4n) is 2.96. The summed E-state index contributed by atoms with van der Waals surface area (Å²) in [5.74, 6) is 0. The Bertz CT molecular complexity index is 412. The first-order valence-corrected chi connectivity index (χ1v) is 6.39. The van der Waals surface area contributed by atoms with Crippen molar-refractivity contribution in [1.82, 2.24) is 0 Å². The lowest BCUT2D eigenvalue weighted by Gasteiger charge is -2.33. The van der Waals surface area contributed by atoms with Crippen LogP contribution < -0.4 is 10.6 Å². The summed E-state index contributed by atoms with van der Waals surface area (Å²) in [7, 11) is 0. The molecule has 0 aromatic heterocycles. The number of para-hydroxylation sites is 1. The molecule has 0 saturated carbocycles. The number of hydrogen-bond donors (Lipinski definition) is 1. The lowest BCUT2D eigenvalue weighted by Crippen LogP contribution is -2.52. The van der Waals surface area contributed by atoms with Gasteiger partial charge in [-0.1, -0.05) is 18.2 Å². The van der Waals surface area contributed by atoms with Crippen LogP contribution in [0.15, 0.2) is 24.3 Å². The summed E-state index contributed by atoms with van der Waals surface area (Å²) >= 11 is 0. The van der Waals surface area contributed by atoms with Crippen molar-refractivity contribution in [1.29, 1.82) is 0 Å². The molecule has 3 nitrogen and oxygen atoms in total. The summed E-state index contributed by atoms with van der Waals surface area (Å²) in [5.41, 5.74) is 9.04. The highest BCUT2D eigenvalue weighted by atomic mass is 16.5. The second kappa shape index (κ2) is 4.00. The summed E-state index contributed by atoms with van der Waals surface area (Å²) in [6.45, 7) is 4.68. The van der Waals surface area contributed by atoms with Gasteiger partial charge in [0, 0.05) is 24.9 Å². The van der Waals surface area contributed by atoms with E-state index in [9.17, 15) is 0 Å². The Morgan fingerprint density at radius 3 is 3.06 bits per heavy atom. The molecule has 2 unspecified atom stereocenters. The molecule has 2 aliphatic heterocycles. The molecular formula is C14H20N2O. The quantitative estimate of drug-likeness (QED) is 0.841. The van der Waals surface area contributed by atoms with Crippen LogP contribution in [0.5, 0.6) is 0 Å². The maximum atomic E-state index is 6.39. The maximum Gasteiger partial charge on any atom is 0.0664 e. The van der Waals surface area contributed by atoms with Crippen molar-refractivity contribution in [3.05, 3.63) is 29.8 Å². The van der Waals surface area contributed by atoms with Crippen LogP contribution in [0.3, 0.4) is 0 Å². The van der Waals surface area contributed by atoms with Gasteiger partial charge in [0.15, 0.2) is 0 Å². The van der Waals surface area contributed by atoms with Crippen molar-refractivity contribution in [3.8, 4) is 0 Å². The number of nitrogens with zero attached hydrogens (tertiary/aromatic N) is 1. The van der Waals surface area contributed by atoms with Gasteiger partial charge in [0.2, 0.25) is 0 Å². The van der Waals surface area contributed by atoms with E-state index in [1.54, 1.807) is 0 Å². The van der Waals surface area contributed by atoms with Crippen LogP contribution in [0.4, 0.5) is 5.69 Å². The monoisotopic (exact) mass is 232 g/mol. The number of fused-ring (bicyclic) bond motifs is 1. The highest BCUT2D eigenvalue weighted by Crippen LogP contribution is 2.33. The fraction of sp³-hybridized carbons (Fsp3) is 0.571. The summed E-state index contributed by atoms with van der Waals surface area (Å²) < 4.78 is 5.44. The number of ether oxygens (including phenoxy) is 1. The third kappa shape index (κ3) is 1.94. The standard InChI is InChI=1S/C14H20N2O/c1-11-8-12-4-2-3-5-13(12)16(11)9-14(15)6-7-17-10-14/h2-5,11H,6-10,15H2,1H3. The van der Waals surface area contributed by atoms with Crippen LogP contribution in [-0.2, 0) is 11.2 Å². The van der Waals surface area contributed by atoms with E-state index in [0.29, 0.717) is 12.6 Å². The number of rotatable bonds is 2. The van der Waals surface area contributed by atoms with Crippen LogP contribution in [0.2, 0.25) is 0 Å². The summed E-state index contributed by atoms with van der Waals surface area (Å²) in [4.78, 5) is 2.45. The number of nitrogens with two attached hydrogens (primary N) is 1. The van der Waals surface area contributed by atoms with Crippen LogP contribution in [0.1, 0.15) is 18.9 Å². The highest BCUT2D eigenvalue weighted by Gasteiger charge is 2.36. The molecule has 2 N–H and O–H groups in total. The van der Waals surface area contributed by atoms with Crippen LogP contribution in [0.25, 0.3) is 0 Å². The smallest absolute Gasteiger partial charge is 0.0664 e. The summed E-state index contributed by atoms with van der Waals surface area (Å²) in [5, 5.41) is 0. The zero-order chi connectivity index (χ0) is 11.9. The Kier molecular flexibility index (Phi) is 2.60. The van der Waals surface area contributed by atoms with Crippen molar-refractivity contribution >= 4 is 5.69 Å². The van der Waals surface area contributed by atoms with Crippen molar-refractivity contribution in [3.63, 3.8) is 0 Å². The first-order chi connectivity index (χ1) is 8.18. The normalized spacial score (nSPS) is 31.9. The molecule has 3 rings (SSSR count). The largest absolute Gasteiger partial charge is 0.379 e. The zero-order valence-corrected chi connectivity index (χ0v) is 10.4. The van der Waals surface area contributed by atoms with Gasteiger partial charge in [-0.3, -0.25) is 0 Å². The number of hydrogen-bond acceptors (Lipinski definition) is 3. The molecule has 0 amide bonds. The van der Waals surface area contributed by atoms with Gasteiger partial charge in [-0.2, -0.15) is 0 Å². The van der Waals surface area contributed by atoms with E-state index in [-0.39, 0.29) is 5.54 Å². The Labute approximate surface area is 103 Å². The van der Waals surface area contributed by atoms with Gasteiger partial charge in [0.05, 0.1) is 12.1 Å². The Balaban J connectivity index is 1.83. The Hall–Kier alpha value is -1.06. The van der Waals surface area contributed by atoms with Crippen LogP contribution in [-0.4, -0.2) is 31.3 Å². The SMILES string of the molecule is CC1Cc2ccccc2N1CC1(N)CCOC1. The van der Waals surface area contributed by atoms with Gasteiger partial charge >= 0.3 is 0 Å². The van der Waals surface area contributed by atoms with E-state index in [1.807, 2.05) is 0 Å². The van der Waals surface area contributed by atoms with Crippen molar-refractivity contribution < 1.29 is 4.74 Å². The van der Waals surface area contributed by atoms with E-state index < -0.39 is 0 Å². The van der Waals surface area contributed by atoms with E-state index in [2.05, 4.69) is 36.1 Å². The minimum atomic E-state index is -0.161. The van der Waals surface area contributed by atoms with Crippen molar-refractivity contribution in [2.24, 2.45) is 5.73 Å². The lowest BCUT2D eigenvalue weighted by molar-refractivity contribution is 0.178.